The van der Waals surface area contributed by atoms with Gasteiger partial charge < -0.3 is 10.4 Å². The molecule has 0 unspecified atom stereocenters. The van der Waals surface area contributed by atoms with Gasteiger partial charge in [0.15, 0.2) is 5.82 Å². The van der Waals surface area contributed by atoms with E-state index in [2.05, 4.69) is 15.4 Å². The van der Waals surface area contributed by atoms with E-state index in [9.17, 15) is 13.9 Å². The topological polar surface area (TPSA) is 63.0 Å². The second kappa shape index (κ2) is 6.47. The molecule has 0 aromatic carbocycles. The third-order valence-electron chi connectivity index (χ3n) is 4.35. The first-order valence-corrected chi connectivity index (χ1v) is 8.16. The molecule has 0 saturated heterocycles. The second-order valence-electron chi connectivity index (χ2n) is 6.49. The molecule has 2 aromatic rings. The molecule has 3 rings (SSSR count). The fourth-order valence-electron chi connectivity index (χ4n) is 3.10. The predicted octanol–water partition coefficient (Wildman–Crippen LogP) is 3.37. The molecule has 0 aliphatic heterocycles. The van der Waals surface area contributed by atoms with Crippen molar-refractivity contribution in [1.82, 2.24) is 14.8 Å². The summed E-state index contributed by atoms with van der Waals surface area (Å²) in [5, 5.41) is 17.1. The lowest BCUT2D eigenvalue weighted by atomic mass is 9.92. The smallest absolute Gasteiger partial charge is 0.248 e. The molecular formula is C17H22F2N4O. The number of rotatable bonds is 4. The molecule has 0 amide bonds. The van der Waals surface area contributed by atoms with Gasteiger partial charge >= 0.3 is 0 Å². The molecule has 1 saturated carbocycles. The summed E-state index contributed by atoms with van der Waals surface area (Å²) >= 11 is 0. The highest BCUT2D eigenvalue weighted by Gasteiger charge is 2.34. The van der Waals surface area contributed by atoms with Crippen LogP contribution in [0.1, 0.15) is 42.6 Å². The Labute approximate surface area is 139 Å². The number of hydrogen-bond donors (Lipinski definition) is 2. The molecule has 0 bridgehead atoms. The summed E-state index contributed by atoms with van der Waals surface area (Å²) < 4.78 is 28.3. The van der Waals surface area contributed by atoms with Crippen LogP contribution in [0.2, 0.25) is 0 Å². The van der Waals surface area contributed by atoms with E-state index in [1.54, 1.807) is 16.8 Å². The zero-order valence-electron chi connectivity index (χ0n) is 13.9. The maximum absolute atomic E-state index is 13.3. The lowest BCUT2D eigenvalue weighted by molar-refractivity contribution is -0.0361. The fourth-order valence-corrected chi connectivity index (χ4v) is 3.10. The number of pyridine rings is 1. The van der Waals surface area contributed by atoms with Crippen LogP contribution >= 0.6 is 0 Å². The Bertz CT molecular complexity index is 719. The fraction of sp³-hybridized carbons (Fsp3) is 0.529. The third-order valence-corrected chi connectivity index (χ3v) is 4.35. The third kappa shape index (κ3) is 3.72. The summed E-state index contributed by atoms with van der Waals surface area (Å²) in [6.07, 6.45) is 0.615. The number of aryl methyl sites for hydroxylation is 2. The van der Waals surface area contributed by atoms with E-state index in [-0.39, 0.29) is 25.5 Å². The molecule has 2 heterocycles. The van der Waals surface area contributed by atoms with Crippen molar-refractivity contribution in [1.29, 1.82) is 0 Å². The lowest BCUT2D eigenvalue weighted by Crippen LogP contribution is -2.32. The number of halogens is 2. The van der Waals surface area contributed by atoms with Gasteiger partial charge in [-0.3, -0.25) is 0 Å². The molecule has 1 aliphatic rings. The number of nitrogens with one attached hydrogen (secondary N) is 1. The molecule has 2 aromatic heterocycles. The summed E-state index contributed by atoms with van der Waals surface area (Å²) in [5.41, 5.74) is 2.53. The van der Waals surface area contributed by atoms with Crippen molar-refractivity contribution < 1.29 is 13.9 Å². The maximum Gasteiger partial charge on any atom is 0.248 e. The van der Waals surface area contributed by atoms with Crippen LogP contribution < -0.4 is 5.32 Å². The summed E-state index contributed by atoms with van der Waals surface area (Å²) in [6, 6.07) is 5.45. The molecule has 0 radical (unpaired) electrons. The van der Waals surface area contributed by atoms with Gasteiger partial charge in [-0.2, -0.15) is 5.10 Å². The van der Waals surface area contributed by atoms with Gasteiger partial charge in [0.1, 0.15) is 5.82 Å². The Hall–Kier alpha value is -2.02. The molecule has 0 atom stereocenters. The van der Waals surface area contributed by atoms with Crippen LogP contribution in [-0.2, 0) is 6.61 Å². The van der Waals surface area contributed by atoms with Gasteiger partial charge in [0.05, 0.1) is 12.3 Å². The van der Waals surface area contributed by atoms with Crippen molar-refractivity contribution in [3.63, 3.8) is 0 Å². The normalized spacial score (nSPS) is 17.9. The van der Waals surface area contributed by atoms with Crippen LogP contribution in [0.5, 0.6) is 0 Å². The van der Waals surface area contributed by atoms with Crippen LogP contribution in [0, 0.1) is 13.8 Å². The van der Waals surface area contributed by atoms with Crippen LogP contribution in [0.25, 0.3) is 5.82 Å². The monoisotopic (exact) mass is 336 g/mol. The van der Waals surface area contributed by atoms with E-state index < -0.39 is 5.92 Å². The molecule has 130 valence electrons. The van der Waals surface area contributed by atoms with Crippen molar-refractivity contribution in [2.45, 2.75) is 58.1 Å². The zero-order chi connectivity index (χ0) is 17.3. The number of alkyl halides is 2. The molecular weight excluding hydrogens is 314 g/mol. The zero-order valence-corrected chi connectivity index (χ0v) is 13.9. The second-order valence-corrected chi connectivity index (χ2v) is 6.49. The number of hydrogen-bond acceptors (Lipinski definition) is 4. The van der Waals surface area contributed by atoms with E-state index in [1.165, 1.54) is 0 Å². The summed E-state index contributed by atoms with van der Waals surface area (Å²) in [6.45, 7) is 3.72. The largest absolute Gasteiger partial charge is 0.392 e. The molecule has 1 fully saturated rings. The summed E-state index contributed by atoms with van der Waals surface area (Å²) in [4.78, 5) is 4.55. The number of aliphatic hydroxyl groups is 1. The van der Waals surface area contributed by atoms with Gasteiger partial charge in [-0.1, -0.05) is 0 Å². The van der Waals surface area contributed by atoms with Crippen molar-refractivity contribution in [3.8, 4) is 5.82 Å². The van der Waals surface area contributed by atoms with E-state index in [0.717, 1.165) is 11.4 Å². The van der Waals surface area contributed by atoms with Gasteiger partial charge in [-0.15, -0.1) is 0 Å². The first kappa shape index (κ1) is 16.8. The van der Waals surface area contributed by atoms with Gasteiger partial charge in [0.25, 0.3) is 0 Å². The Morgan fingerprint density at radius 3 is 2.54 bits per heavy atom. The quantitative estimate of drug-likeness (QED) is 0.899. The number of aliphatic hydroxyl groups excluding tert-OH is 1. The van der Waals surface area contributed by atoms with Crippen LogP contribution in [0.15, 0.2) is 18.2 Å². The average Bonchev–Trinajstić information content (AvgIpc) is 2.88. The van der Waals surface area contributed by atoms with Gasteiger partial charge in [0, 0.05) is 24.6 Å². The first-order chi connectivity index (χ1) is 11.4. The maximum atomic E-state index is 13.3. The predicted molar refractivity (Wildman–Crippen MR) is 87.6 cm³/mol. The summed E-state index contributed by atoms with van der Waals surface area (Å²) in [7, 11) is 0. The Kier molecular flexibility index (Phi) is 4.54. The Morgan fingerprint density at radius 2 is 1.96 bits per heavy atom. The molecule has 7 heteroatoms. The van der Waals surface area contributed by atoms with Crippen LogP contribution in [-0.4, -0.2) is 31.8 Å². The minimum Gasteiger partial charge on any atom is -0.392 e. The van der Waals surface area contributed by atoms with E-state index in [1.807, 2.05) is 19.9 Å². The SMILES string of the molecule is Cc1cc(C)n(-c2cc(CO)cc(NC3CCC(F)(F)CC3)n2)n1. The highest BCUT2D eigenvalue weighted by Crippen LogP contribution is 2.34. The molecule has 2 N–H and O–H groups in total. The van der Waals surface area contributed by atoms with Crippen molar-refractivity contribution >= 4 is 5.82 Å². The van der Waals surface area contributed by atoms with Crippen molar-refractivity contribution in [3.05, 3.63) is 35.2 Å². The van der Waals surface area contributed by atoms with E-state index >= 15 is 0 Å². The number of aromatic nitrogens is 3. The van der Waals surface area contributed by atoms with E-state index in [0.29, 0.717) is 30.0 Å². The van der Waals surface area contributed by atoms with Crippen LogP contribution in [0.4, 0.5) is 14.6 Å². The molecule has 0 spiro atoms. The average molecular weight is 336 g/mol. The molecule has 1 aliphatic carbocycles. The first-order valence-electron chi connectivity index (χ1n) is 8.16. The van der Waals surface area contributed by atoms with Crippen LogP contribution in [0.3, 0.4) is 0 Å². The highest BCUT2D eigenvalue weighted by molar-refractivity contribution is 5.45. The highest BCUT2D eigenvalue weighted by atomic mass is 19.3. The number of anilines is 1. The van der Waals surface area contributed by atoms with E-state index in [4.69, 9.17) is 0 Å². The minimum atomic E-state index is -2.55. The minimum absolute atomic E-state index is 0.0284. The summed E-state index contributed by atoms with van der Waals surface area (Å²) in [5.74, 6) is -1.36. The van der Waals surface area contributed by atoms with Gasteiger partial charge in [-0.05, 0) is 50.5 Å². The molecule has 5 nitrogen and oxygen atoms in total. The lowest BCUT2D eigenvalue weighted by Gasteiger charge is -2.29. The molecule has 24 heavy (non-hydrogen) atoms. The Morgan fingerprint density at radius 1 is 1.25 bits per heavy atom. The number of nitrogens with zero attached hydrogens (tertiary/aromatic N) is 3. The van der Waals surface area contributed by atoms with Crippen molar-refractivity contribution in [2.75, 3.05) is 5.32 Å². The van der Waals surface area contributed by atoms with Crippen molar-refractivity contribution in [2.24, 2.45) is 0 Å². The standard InChI is InChI=1S/C17H22F2N4O/c1-11-7-12(2)23(22-11)16-9-13(10-24)8-15(21-16)20-14-3-5-17(18,19)6-4-14/h7-9,14,24H,3-6,10H2,1-2H3,(H,20,21). The Balaban J connectivity index is 1.83. The van der Waals surface area contributed by atoms with Gasteiger partial charge in [-0.25, -0.2) is 18.4 Å². The van der Waals surface area contributed by atoms with Gasteiger partial charge in [0.2, 0.25) is 5.92 Å².